The van der Waals surface area contributed by atoms with Gasteiger partial charge in [-0.1, -0.05) is 49.2 Å². The third-order valence-corrected chi connectivity index (χ3v) is 7.59. The molecule has 0 N–H and O–H groups in total. The maximum Gasteiger partial charge on any atom is 0.329 e. The van der Waals surface area contributed by atoms with E-state index in [1.54, 1.807) is 31.3 Å². The van der Waals surface area contributed by atoms with Crippen molar-refractivity contribution in [1.29, 1.82) is 0 Å². The molecule has 3 aromatic rings. The highest BCUT2D eigenvalue weighted by molar-refractivity contribution is 5.89. The monoisotopic (exact) mass is 544 g/mol. The second kappa shape index (κ2) is 13.0. The molecule has 8 heteroatoms. The molecular weight excluding hydrogens is 508 g/mol. The van der Waals surface area contributed by atoms with Crippen molar-refractivity contribution in [3.63, 3.8) is 0 Å². The number of nitrogens with zero attached hydrogens (tertiary/aromatic N) is 2. The van der Waals surface area contributed by atoms with E-state index in [4.69, 9.17) is 18.9 Å². The lowest BCUT2D eigenvalue weighted by atomic mass is 9.91. The lowest BCUT2D eigenvalue weighted by Crippen LogP contribution is -2.51. The van der Waals surface area contributed by atoms with Gasteiger partial charge >= 0.3 is 5.97 Å². The molecule has 0 radical (unpaired) electrons. The molecule has 1 aromatic heterocycles. The average molecular weight is 545 g/mol. The first-order chi connectivity index (χ1) is 19.6. The van der Waals surface area contributed by atoms with Crippen LogP contribution in [-0.2, 0) is 38.6 Å². The van der Waals surface area contributed by atoms with Crippen LogP contribution < -0.4 is 9.47 Å². The third-order valence-electron chi connectivity index (χ3n) is 7.59. The SMILES string of the molecule is CCOC(=O)[C@@H]1Cc2c(ccc(OC)c2OCc2ccncc2)CN1C(=O)[C@@H](OC1CCCC1)c1ccccc1. The second-order valence-corrected chi connectivity index (χ2v) is 10.2. The summed E-state index contributed by atoms with van der Waals surface area (Å²) in [6.07, 6.45) is 6.93. The van der Waals surface area contributed by atoms with E-state index in [1.807, 2.05) is 54.6 Å². The minimum Gasteiger partial charge on any atom is -0.493 e. The molecule has 2 aromatic carbocycles. The van der Waals surface area contributed by atoms with E-state index in [-0.39, 0.29) is 31.6 Å². The molecule has 0 spiro atoms. The van der Waals surface area contributed by atoms with E-state index >= 15 is 0 Å². The minimum atomic E-state index is -0.825. The number of fused-ring (bicyclic) bond motifs is 1. The van der Waals surface area contributed by atoms with Gasteiger partial charge in [-0.3, -0.25) is 9.78 Å². The Labute approximate surface area is 235 Å². The summed E-state index contributed by atoms with van der Waals surface area (Å²) in [5.41, 5.74) is 3.47. The van der Waals surface area contributed by atoms with Gasteiger partial charge in [-0.15, -0.1) is 0 Å². The zero-order chi connectivity index (χ0) is 27.9. The number of amides is 1. The average Bonchev–Trinajstić information content (AvgIpc) is 3.52. The molecule has 0 unspecified atom stereocenters. The van der Waals surface area contributed by atoms with Gasteiger partial charge in [0.2, 0.25) is 0 Å². The van der Waals surface area contributed by atoms with Crippen molar-refractivity contribution in [2.75, 3.05) is 13.7 Å². The number of hydrogen-bond donors (Lipinski definition) is 0. The van der Waals surface area contributed by atoms with E-state index in [0.29, 0.717) is 18.1 Å². The molecule has 0 saturated heterocycles. The molecule has 1 saturated carbocycles. The Morgan fingerprint density at radius 2 is 1.77 bits per heavy atom. The van der Waals surface area contributed by atoms with Crippen LogP contribution in [-0.4, -0.2) is 47.6 Å². The Kier molecular flexibility index (Phi) is 8.96. The molecule has 1 amide bonds. The number of rotatable bonds is 10. The van der Waals surface area contributed by atoms with Gasteiger partial charge in [-0.2, -0.15) is 0 Å². The van der Waals surface area contributed by atoms with E-state index in [1.165, 1.54) is 0 Å². The maximum atomic E-state index is 14.3. The van der Waals surface area contributed by atoms with E-state index in [0.717, 1.165) is 47.9 Å². The molecule has 8 nitrogen and oxygen atoms in total. The van der Waals surface area contributed by atoms with Crippen LogP contribution in [0.1, 0.15) is 61.0 Å². The highest BCUT2D eigenvalue weighted by Gasteiger charge is 2.41. The Hall–Kier alpha value is -3.91. The molecule has 0 bridgehead atoms. The van der Waals surface area contributed by atoms with Crippen molar-refractivity contribution >= 4 is 11.9 Å². The van der Waals surface area contributed by atoms with Crippen LogP contribution in [0.5, 0.6) is 11.5 Å². The van der Waals surface area contributed by atoms with Crippen molar-refractivity contribution in [1.82, 2.24) is 9.88 Å². The summed E-state index contributed by atoms with van der Waals surface area (Å²) in [4.78, 5) is 33.3. The lowest BCUT2D eigenvalue weighted by Gasteiger charge is -2.38. The predicted molar refractivity (Wildman–Crippen MR) is 149 cm³/mol. The molecule has 2 atom stereocenters. The summed E-state index contributed by atoms with van der Waals surface area (Å²) >= 11 is 0. The molecule has 2 aliphatic rings. The number of hydrogen-bond acceptors (Lipinski definition) is 7. The number of pyridine rings is 1. The maximum absolute atomic E-state index is 14.3. The number of carbonyl (C=O) groups excluding carboxylic acids is 2. The minimum absolute atomic E-state index is 0.0183. The van der Waals surface area contributed by atoms with Crippen molar-refractivity contribution in [3.05, 3.63) is 89.2 Å². The van der Waals surface area contributed by atoms with Gasteiger partial charge in [0.1, 0.15) is 12.6 Å². The van der Waals surface area contributed by atoms with Crippen LogP contribution in [0.2, 0.25) is 0 Å². The Morgan fingerprint density at radius 1 is 1.02 bits per heavy atom. The normalized spacial score (nSPS) is 17.6. The van der Waals surface area contributed by atoms with Crippen LogP contribution in [0, 0.1) is 0 Å². The number of aromatic nitrogens is 1. The highest BCUT2D eigenvalue weighted by Crippen LogP contribution is 2.40. The first-order valence-electron chi connectivity index (χ1n) is 14.0. The van der Waals surface area contributed by atoms with Crippen LogP contribution in [0.4, 0.5) is 0 Å². The Morgan fingerprint density at radius 3 is 2.48 bits per heavy atom. The zero-order valence-corrected chi connectivity index (χ0v) is 23.1. The number of esters is 1. The molecule has 210 valence electrons. The smallest absolute Gasteiger partial charge is 0.329 e. The van der Waals surface area contributed by atoms with Gasteiger partial charge in [0.15, 0.2) is 17.6 Å². The fourth-order valence-electron chi connectivity index (χ4n) is 5.52. The molecule has 5 rings (SSSR count). The van der Waals surface area contributed by atoms with Crippen LogP contribution in [0.3, 0.4) is 0 Å². The lowest BCUT2D eigenvalue weighted by molar-refractivity contribution is -0.163. The summed E-state index contributed by atoms with van der Waals surface area (Å²) < 4.78 is 23.8. The van der Waals surface area contributed by atoms with E-state index in [9.17, 15) is 9.59 Å². The molecule has 40 heavy (non-hydrogen) atoms. The molecule has 1 fully saturated rings. The number of methoxy groups -OCH3 is 1. The molecule has 2 heterocycles. The van der Waals surface area contributed by atoms with Gasteiger partial charge in [0.05, 0.1) is 19.8 Å². The fraction of sp³-hybridized carbons (Fsp3) is 0.406. The molecule has 1 aliphatic carbocycles. The van der Waals surface area contributed by atoms with Crippen LogP contribution in [0.25, 0.3) is 0 Å². The Balaban J connectivity index is 1.49. The number of ether oxygens (including phenoxy) is 4. The number of carbonyl (C=O) groups is 2. The zero-order valence-electron chi connectivity index (χ0n) is 23.1. The predicted octanol–water partition coefficient (Wildman–Crippen LogP) is 5.19. The number of benzene rings is 2. The van der Waals surface area contributed by atoms with E-state index in [2.05, 4.69) is 4.98 Å². The van der Waals surface area contributed by atoms with Crippen LogP contribution >= 0.6 is 0 Å². The van der Waals surface area contributed by atoms with Gasteiger partial charge in [-0.25, -0.2) is 4.79 Å². The fourth-order valence-corrected chi connectivity index (χ4v) is 5.52. The first-order valence-corrected chi connectivity index (χ1v) is 14.0. The van der Waals surface area contributed by atoms with Gasteiger partial charge in [0.25, 0.3) is 5.91 Å². The third kappa shape index (κ3) is 6.12. The van der Waals surface area contributed by atoms with E-state index < -0.39 is 18.1 Å². The van der Waals surface area contributed by atoms with Gasteiger partial charge < -0.3 is 23.8 Å². The van der Waals surface area contributed by atoms with Gasteiger partial charge in [-0.05, 0) is 54.7 Å². The van der Waals surface area contributed by atoms with Crippen molar-refractivity contribution in [2.24, 2.45) is 0 Å². The second-order valence-electron chi connectivity index (χ2n) is 10.2. The quantitative estimate of drug-likeness (QED) is 0.325. The van der Waals surface area contributed by atoms with Gasteiger partial charge in [0, 0.05) is 30.9 Å². The highest BCUT2D eigenvalue weighted by atomic mass is 16.5. The topological polar surface area (TPSA) is 87.2 Å². The summed E-state index contributed by atoms with van der Waals surface area (Å²) in [5, 5.41) is 0. The standard InChI is InChI=1S/C32H36N2O6/c1-3-38-32(36)27-19-26-24(13-14-28(37-2)30(26)39-21-22-15-17-33-18-16-22)20-34(27)31(35)29(23-9-5-4-6-10-23)40-25-11-7-8-12-25/h4-6,9-10,13-18,25,27,29H,3,7-8,11-12,19-21H2,1-2H3/t27-,29-/m0/s1. The largest absolute Gasteiger partial charge is 0.493 e. The van der Waals surface area contributed by atoms with Crippen molar-refractivity contribution < 1.29 is 28.5 Å². The summed E-state index contributed by atoms with van der Waals surface area (Å²) in [6, 6.07) is 16.3. The molecular formula is C32H36N2O6. The molecule has 1 aliphatic heterocycles. The van der Waals surface area contributed by atoms with Crippen LogP contribution in [0.15, 0.2) is 67.0 Å². The first kappa shape index (κ1) is 27.6. The van der Waals surface area contributed by atoms with Crippen molar-refractivity contribution in [2.45, 2.75) is 70.4 Å². The summed E-state index contributed by atoms with van der Waals surface area (Å²) in [7, 11) is 1.59. The Bertz CT molecular complexity index is 1290. The summed E-state index contributed by atoms with van der Waals surface area (Å²) in [5.74, 6) is 0.455. The summed E-state index contributed by atoms with van der Waals surface area (Å²) in [6.45, 7) is 2.52. The van der Waals surface area contributed by atoms with Crippen molar-refractivity contribution in [3.8, 4) is 11.5 Å².